The molecule has 0 radical (unpaired) electrons. The van der Waals surface area contributed by atoms with Crippen LogP contribution in [0.1, 0.15) is 20.8 Å². The first-order valence-electron chi connectivity index (χ1n) is 5.40. The molecule has 0 saturated heterocycles. The van der Waals surface area contributed by atoms with Crippen molar-refractivity contribution in [3.05, 3.63) is 24.3 Å². The Morgan fingerprint density at radius 2 is 2.06 bits per heavy atom. The first-order valence-corrected chi connectivity index (χ1v) is 5.40. The van der Waals surface area contributed by atoms with E-state index in [1.54, 1.807) is 6.92 Å². The Hall–Kier alpha value is -1.55. The fourth-order valence-corrected chi connectivity index (χ4v) is 1.42. The van der Waals surface area contributed by atoms with Crippen LogP contribution in [0.2, 0.25) is 0 Å². The largest absolute Gasteiger partial charge is 0.391 e. The zero-order valence-corrected chi connectivity index (χ0v) is 9.78. The predicted octanol–water partition coefficient (Wildman–Crippen LogP) is 2.13. The fraction of sp³-hybridized carbons (Fsp3) is 0.417. The third-order valence-corrected chi connectivity index (χ3v) is 2.87. The van der Waals surface area contributed by atoms with Crippen molar-refractivity contribution >= 4 is 17.0 Å². The first-order chi connectivity index (χ1) is 7.49. The van der Waals surface area contributed by atoms with E-state index in [1.165, 1.54) is 0 Å². The first kappa shape index (κ1) is 11.0. The molecule has 1 heterocycles. The molecule has 1 aromatic carbocycles. The lowest BCUT2D eigenvalue weighted by molar-refractivity contribution is 0.133. The number of aromatic nitrogens is 2. The van der Waals surface area contributed by atoms with Gasteiger partial charge in [-0.3, -0.25) is 0 Å². The molecule has 3 N–H and O–H groups in total. The second-order valence-electron chi connectivity index (χ2n) is 4.63. The van der Waals surface area contributed by atoms with Crippen LogP contribution in [0, 0.1) is 0 Å². The molecule has 4 heteroatoms. The molecule has 1 atom stereocenters. The summed E-state index contributed by atoms with van der Waals surface area (Å²) >= 11 is 0. The molecule has 0 aliphatic heterocycles. The number of nitrogens with one attached hydrogen (secondary N) is 2. The van der Waals surface area contributed by atoms with E-state index in [-0.39, 0.29) is 0 Å². The highest BCUT2D eigenvalue weighted by molar-refractivity contribution is 5.77. The maximum absolute atomic E-state index is 9.61. The molecule has 0 bridgehead atoms. The Kier molecular flexibility index (Phi) is 2.59. The van der Waals surface area contributed by atoms with Crippen LogP contribution in [0.3, 0.4) is 0 Å². The molecule has 0 saturated carbocycles. The highest BCUT2D eigenvalue weighted by Gasteiger charge is 2.24. The highest BCUT2D eigenvalue weighted by atomic mass is 16.3. The third-order valence-electron chi connectivity index (χ3n) is 2.87. The summed E-state index contributed by atoms with van der Waals surface area (Å²) in [7, 11) is 0. The standard InChI is InChI=1S/C12H17N3O/c1-8(16)12(2,3)15-11-13-9-6-4-5-7-10(9)14-11/h4-8,16H,1-3H3,(H2,13,14,15). The monoisotopic (exact) mass is 219 g/mol. The van der Waals surface area contributed by atoms with Crippen LogP contribution in [0.25, 0.3) is 11.0 Å². The van der Waals surface area contributed by atoms with Gasteiger partial charge in [-0.25, -0.2) is 4.98 Å². The van der Waals surface area contributed by atoms with Crippen LogP contribution < -0.4 is 5.32 Å². The Balaban J connectivity index is 2.28. The summed E-state index contributed by atoms with van der Waals surface area (Å²) < 4.78 is 0. The second-order valence-corrected chi connectivity index (χ2v) is 4.63. The van der Waals surface area contributed by atoms with Gasteiger partial charge in [-0.15, -0.1) is 0 Å². The third kappa shape index (κ3) is 2.02. The van der Waals surface area contributed by atoms with Crippen LogP contribution >= 0.6 is 0 Å². The summed E-state index contributed by atoms with van der Waals surface area (Å²) in [5.41, 5.74) is 1.51. The summed E-state index contributed by atoms with van der Waals surface area (Å²) in [6, 6.07) is 7.84. The number of fused-ring (bicyclic) bond motifs is 1. The van der Waals surface area contributed by atoms with Crippen molar-refractivity contribution in [3.63, 3.8) is 0 Å². The average molecular weight is 219 g/mol. The maximum atomic E-state index is 9.61. The van der Waals surface area contributed by atoms with Crippen molar-refractivity contribution in [2.24, 2.45) is 0 Å². The van der Waals surface area contributed by atoms with E-state index >= 15 is 0 Å². The molecule has 4 nitrogen and oxygen atoms in total. The summed E-state index contributed by atoms with van der Waals surface area (Å²) in [4.78, 5) is 7.58. The van der Waals surface area contributed by atoms with E-state index in [9.17, 15) is 5.11 Å². The van der Waals surface area contributed by atoms with Gasteiger partial charge in [-0.1, -0.05) is 12.1 Å². The van der Waals surface area contributed by atoms with Crippen LogP contribution in [0.4, 0.5) is 5.95 Å². The van der Waals surface area contributed by atoms with Crippen molar-refractivity contribution in [2.75, 3.05) is 5.32 Å². The van der Waals surface area contributed by atoms with Crippen molar-refractivity contribution in [1.82, 2.24) is 9.97 Å². The molecule has 2 aromatic rings. The summed E-state index contributed by atoms with van der Waals surface area (Å²) in [5, 5.41) is 12.8. The van der Waals surface area contributed by atoms with Gasteiger partial charge in [0.25, 0.3) is 0 Å². The molecular formula is C12H17N3O. The summed E-state index contributed by atoms with van der Waals surface area (Å²) in [6.07, 6.45) is -0.458. The van der Waals surface area contributed by atoms with Crippen LogP contribution in [0.15, 0.2) is 24.3 Å². The molecule has 2 rings (SSSR count). The number of aliphatic hydroxyl groups excluding tert-OH is 1. The minimum Gasteiger partial charge on any atom is -0.391 e. The number of para-hydroxylation sites is 2. The highest BCUT2D eigenvalue weighted by Crippen LogP contribution is 2.19. The number of hydrogen-bond acceptors (Lipinski definition) is 3. The number of rotatable bonds is 3. The van der Waals surface area contributed by atoms with Gasteiger partial charge in [0.05, 0.1) is 22.7 Å². The van der Waals surface area contributed by atoms with E-state index in [0.29, 0.717) is 5.95 Å². The zero-order valence-electron chi connectivity index (χ0n) is 9.78. The lowest BCUT2D eigenvalue weighted by Gasteiger charge is -2.28. The molecule has 0 aliphatic rings. The molecule has 0 fully saturated rings. The Morgan fingerprint density at radius 1 is 1.38 bits per heavy atom. The van der Waals surface area contributed by atoms with E-state index in [2.05, 4.69) is 15.3 Å². The Morgan fingerprint density at radius 3 is 2.69 bits per heavy atom. The van der Waals surface area contributed by atoms with E-state index in [4.69, 9.17) is 0 Å². The average Bonchev–Trinajstić information content (AvgIpc) is 2.58. The van der Waals surface area contributed by atoms with Crippen molar-refractivity contribution < 1.29 is 5.11 Å². The summed E-state index contributed by atoms with van der Waals surface area (Å²) in [5.74, 6) is 0.687. The minimum absolute atomic E-state index is 0.409. The zero-order chi connectivity index (χ0) is 11.8. The van der Waals surface area contributed by atoms with Gasteiger partial charge in [0, 0.05) is 0 Å². The SMILES string of the molecule is CC(O)C(C)(C)Nc1nc2ccccc2[nH]1. The number of aromatic amines is 1. The molecule has 86 valence electrons. The normalized spacial score (nSPS) is 14.0. The Labute approximate surface area is 94.7 Å². The van der Waals surface area contributed by atoms with Crippen molar-refractivity contribution in [1.29, 1.82) is 0 Å². The predicted molar refractivity (Wildman–Crippen MR) is 65.5 cm³/mol. The molecule has 1 unspecified atom stereocenters. The summed E-state index contributed by atoms with van der Waals surface area (Å²) in [6.45, 7) is 5.63. The number of hydrogen-bond donors (Lipinski definition) is 3. The molecule has 0 spiro atoms. The lowest BCUT2D eigenvalue weighted by atomic mass is 9.99. The van der Waals surface area contributed by atoms with Gasteiger partial charge in [-0.2, -0.15) is 0 Å². The quantitative estimate of drug-likeness (QED) is 0.741. The number of aliphatic hydroxyl groups is 1. The van der Waals surface area contributed by atoms with Crippen LogP contribution in [-0.4, -0.2) is 26.7 Å². The van der Waals surface area contributed by atoms with Crippen LogP contribution in [0.5, 0.6) is 0 Å². The maximum Gasteiger partial charge on any atom is 0.201 e. The van der Waals surface area contributed by atoms with E-state index in [0.717, 1.165) is 11.0 Å². The van der Waals surface area contributed by atoms with Gasteiger partial charge >= 0.3 is 0 Å². The molecule has 0 amide bonds. The smallest absolute Gasteiger partial charge is 0.201 e. The molecule has 1 aromatic heterocycles. The molecule has 16 heavy (non-hydrogen) atoms. The van der Waals surface area contributed by atoms with Crippen molar-refractivity contribution in [3.8, 4) is 0 Å². The number of nitrogens with zero attached hydrogens (tertiary/aromatic N) is 1. The minimum atomic E-state index is -0.458. The van der Waals surface area contributed by atoms with Gasteiger partial charge in [0.1, 0.15) is 0 Å². The van der Waals surface area contributed by atoms with Gasteiger partial charge in [0.15, 0.2) is 0 Å². The second kappa shape index (κ2) is 3.79. The van der Waals surface area contributed by atoms with Crippen molar-refractivity contribution in [2.45, 2.75) is 32.4 Å². The van der Waals surface area contributed by atoms with Gasteiger partial charge in [0.2, 0.25) is 5.95 Å². The number of benzene rings is 1. The van der Waals surface area contributed by atoms with Crippen LogP contribution in [-0.2, 0) is 0 Å². The van der Waals surface area contributed by atoms with E-state index in [1.807, 2.05) is 38.1 Å². The Bertz CT molecular complexity index is 455. The number of anilines is 1. The number of H-pyrrole nitrogens is 1. The molecule has 0 aliphatic carbocycles. The van der Waals surface area contributed by atoms with Gasteiger partial charge < -0.3 is 15.4 Å². The number of imidazole rings is 1. The molecular weight excluding hydrogens is 202 g/mol. The van der Waals surface area contributed by atoms with E-state index < -0.39 is 11.6 Å². The van der Waals surface area contributed by atoms with Gasteiger partial charge in [-0.05, 0) is 32.9 Å². The lowest BCUT2D eigenvalue weighted by Crippen LogP contribution is -2.42. The fourth-order valence-electron chi connectivity index (χ4n) is 1.42. The topological polar surface area (TPSA) is 60.9 Å².